The van der Waals surface area contributed by atoms with Gasteiger partial charge in [-0.2, -0.15) is 0 Å². The van der Waals surface area contributed by atoms with Gasteiger partial charge in [-0.1, -0.05) is 13.8 Å². The quantitative estimate of drug-likeness (QED) is 0.832. The van der Waals surface area contributed by atoms with Gasteiger partial charge in [-0.05, 0) is 37.5 Å². The summed E-state index contributed by atoms with van der Waals surface area (Å²) < 4.78 is 5.19. The van der Waals surface area contributed by atoms with Crippen molar-refractivity contribution in [1.82, 2.24) is 4.90 Å². The summed E-state index contributed by atoms with van der Waals surface area (Å²) in [5.74, 6) is 2.39. The van der Waals surface area contributed by atoms with E-state index in [1.54, 1.807) is 7.11 Å². The molecular weight excluding hydrogens is 226 g/mol. The van der Waals surface area contributed by atoms with Crippen molar-refractivity contribution in [3.63, 3.8) is 0 Å². The molecule has 0 aromatic carbocycles. The van der Waals surface area contributed by atoms with Crippen molar-refractivity contribution in [3.8, 4) is 0 Å². The number of ether oxygens (including phenoxy) is 1. The van der Waals surface area contributed by atoms with E-state index in [9.17, 15) is 0 Å². The zero-order valence-corrected chi connectivity index (χ0v) is 12.0. The normalized spacial score (nSPS) is 32.3. The average Bonchev–Trinajstić information content (AvgIpc) is 2.65. The summed E-state index contributed by atoms with van der Waals surface area (Å²) in [7, 11) is 1.74. The molecule has 2 rings (SSSR count). The maximum absolute atomic E-state index is 6.04. The molecule has 1 heterocycles. The maximum Gasteiger partial charge on any atom is 0.191 e. The van der Waals surface area contributed by atoms with Crippen LogP contribution in [0.25, 0.3) is 0 Å². The minimum Gasteiger partial charge on any atom is -0.383 e. The van der Waals surface area contributed by atoms with E-state index in [2.05, 4.69) is 23.7 Å². The molecule has 1 aliphatic carbocycles. The van der Waals surface area contributed by atoms with E-state index in [1.807, 2.05) is 0 Å². The summed E-state index contributed by atoms with van der Waals surface area (Å²) in [5, 5.41) is 0. The van der Waals surface area contributed by atoms with Gasteiger partial charge < -0.3 is 15.4 Å². The number of hydrogen-bond donors (Lipinski definition) is 1. The van der Waals surface area contributed by atoms with Gasteiger partial charge in [0.25, 0.3) is 0 Å². The zero-order valence-electron chi connectivity index (χ0n) is 12.0. The Kier molecular flexibility index (Phi) is 4.15. The summed E-state index contributed by atoms with van der Waals surface area (Å²) in [6, 6.07) is 0. The van der Waals surface area contributed by atoms with Gasteiger partial charge in [-0.15, -0.1) is 0 Å². The highest BCUT2D eigenvalue weighted by Gasteiger charge is 2.44. The van der Waals surface area contributed by atoms with Crippen LogP contribution in [0.4, 0.5) is 0 Å². The second-order valence-corrected chi connectivity index (χ2v) is 6.12. The van der Waals surface area contributed by atoms with Crippen molar-refractivity contribution >= 4 is 5.96 Å². The van der Waals surface area contributed by atoms with Crippen LogP contribution in [0.1, 0.15) is 39.5 Å². The van der Waals surface area contributed by atoms with Crippen LogP contribution in [0.2, 0.25) is 0 Å². The van der Waals surface area contributed by atoms with Crippen LogP contribution >= 0.6 is 0 Å². The van der Waals surface area contributed by atoms with Crippen LogP contribution in [-0.4, -0.2) is 43.2 Å². The lowest BCUT2D eigenvalue weighted by Gasteiger charge is -2.45. The fourth-order valence-corrected chi connectivity index (χ4v) is 3.45. The highest BCUT2D eigenvalue weighted by Crippen LogP contribution is 2.41. The molecule has 0 amide bonds. The number of nitrogens with zero attached hydrogens (tertiary/aromatic N) is 2. The molecule has 0 bridgehead atoms. The van der Waals surface area contributed by atoms with Gasteiger partial charge >= 0.3 is 0 Å². The van der Waals surface area contributed by atoms with Gasteiger partial charge in [-0.3, -0.25) is 4.99 Å². The van der Waals surface area contributed by atoms with E-state index in [-0.39, 0.29) is 5.54 Å². The van der Waals surface area contributed by atoms with E-state index >= 15 is 0 Å². The minimum atomic E-state index is 0.202. The van der Waals surface area contributed by atoms with Crippen molar-refractivity contribution in [1.29, 1.82) is 0 Å². The summed E-state index contributed by atoms with van der Waals surface area (Å²) in [5.41, 5.74) is 6.24. The van der Waals surface area contributed by atoms with Crippen LogP contribution in [0, 0.1) is 11.8 Å². The third-order valence-corrected chi connectivity index (χ3v) is 4.81. The molecular formula is C14H27N3O. The second-order valence-electron chi connectivity index (χ2n) is 6.12. The molecule has 18 heavy (non-hydrogen) atoms. The van der Waals surface area contributed by atoms with E-state index < -0.39 is 0 Å². The summed E-state index contributed by atoms with van der Waals surface area (Å²) in [4.78, 5) is 6.78. The van der Waals surface area contributed by atoms with Crippen LogP contribution in [0.15, 0.2) is 4.99 Å². The standard InChI is InChI=1S/C14H27N3O/c1-11(2)12-4-6-14(7-5-12)10-16-13(15)17(14)8-9-18-3/h11-12H,4-10H2,1-3H3,(H2,15,16). The Morgan fingerprint density at radius 1 is 1.44 bits per heavy atom. The van der Waals surface area contributed by atoms with Crippen LogP contribution < -0.4 is 5.73 Å². The minimum absolute atomic E-state index is 0.202. The van der Waals surface area contributed by atoms with Gasteiger partial charge in [0.15, 0.2) is 5.96 Å². The first-order chi connectivity index (χ1) is 8.59. The van der Waals surface area contributed by atoms with Gasteiger partial charge in [0.2, 0.25) is 0 Å². The van der Waals surface area contributed by atoms with Crippen LogP contribution in [-0.2, 0) is 4.74 Å². The number of aliphatic imine (C=N–C) groups is 1. The second kappa shape index (κ2) is 5.47. The SMILES string of the molecule is COCCN1C(N)=NCC12CCC(C(C)C)CC2. The molecule has 1 spiro atoms. The Balaban J connectivity index is 1.99. The first kappa shape index (κ1) is 13.7. The molecule has 1 aliphatic heterocycles. The summed E-state index contributed by atoms with van der Waals surface area (Å²) in [6.07, 6.45) is 5.07. The van der Waals surface area contributed by atoms with Crippen molar-refractivity contribution in [2.45, 2.75) is 45.1 Å². The smallest absolute Gasteiger partial charge is 0.191 e. The van der Waals surface area contributed by atoms with Crippen molar-refractivity contribution in [2.75, 3.05) is 26.8 Å². The molecule has 0 aromatic rings. The maximum atomic E-state index is 6.04. The topological polar surface area (TPSA) is 50.9 Å². The number of rotatable bonds is 4. The van der Waals surface area contributed by atoms with Crippen molar-refractivity contribution < 1.29 is 4.74 Å². The number of guanidine groups is 1. The van der Waals surface area contributed by atoms with E-state index in [0.29, 0.717) is 0 Å². The number of hydrogen-bond acceptors (Lipinski definition) is 4. The molecule has 0 unspecified atom stereocenters. The van der Waals surface area contributed by atoms with Crippen molar-refractivity contribution in [2.24, 2.45) is 22.6 Å². The molecule has 2 N–H and O–H groups in total. The Labute approximate surface area is 111 Å². The van der Waals surface area contributed by atoms with Crippen LogP contribution in [0.3, 0.4) is 0 Å². The predicted octanol–water partition coefficient (Wildman–Crippen LogP) is 1.85. The average molecular weight is 253 g/mol. The third-order valence-electron chi connectivity index (χ3n) is 4.81. The molecule has 4 nitrogen and oxygen atoms in total. The van der Waals surface area contributed by atoms with Gasteiger partial charge in [-0.25, -0.2) is 0 Å². The molecule has 1 saturated carbocycles. The lowest BCUT2D eigenvalue weighted by molar-refractivity contribution is 0.0779. The van der Waals surface area contributed by atoms with E-state index in [1.165, 1.54) is 25.7 Å². The zero-order chi connectivity index (χ0) is 13.2. The Hall–Kier alpha value is -0.770. The highest BCUT2D eigenvalue weighted by atomic mass is 16.5. The fourth-order valence-electron chi connectivity index (χ4n) is 3.45. The first-order valence-electron chi connectivity index (χ1n) is 7.15. The predicted molar refractivity (Wildman–Crippen MR) is 74.6 cm³/mol. The molecule has 1 fully saturated rings. The Morgan fingerprint density at radius 3 is 2.67 bits per heavy atom. The lowest BCUT2D eigenvalue weighted by Crippen LogP contribution is -2.54. The Morgan fingerprint density at radius 2 is 2.11 bits per heavy atom. The van der Waals surface area contributed by atoms with E-state index in [0.717, 1.165) is 37.5 Å². The number of nitrogens with two attached hydrogens (primary N) is 1. The van der Waals surface area contributed by atoms with Gasteiger partial charge in [0, 0.05) is 13.7 Å². The Bertz CT molecular complexity index is 306. The summed E-state index contributed by atoms with van der Waals surface area (Å²) in [6.45, 7) is 7.16. The first-order valence-corrected chi connectivity index (χ1v) is 7.15. The lowest BCUT2D eigenvalue weighted by atomic mass is 9.72. The molecule has 0 radical (unpaired) electrons. The number of methoxy groups -OCH3 is 1. The monoisotopic (exact) mass is 253 g/mol. The molecule has 4 heteroatoms. The fraction of sp³-hybridized carbons (Fsp3) is 0.929. The highest BCUT2D eigenvalue weighted by molar-refractivity contribution is 5.81. The molecule has 0 aromatic heterocycles. The van der Waals surface area contributed by atoms with Crippen molar-refractivity contribution in [3.05, 3.63) is 0 Å². The van der Waals surface area contributed by atoms with Gasteiger partial charge in [0.1, 0.15) is 0 Å². The van der Waals surface area contributed by atoms with Gasteiger partial charge in [0.05, 0.1) is 18.7 Å². The summed E-state index contributed by atoms with van der Waals surface area (Å²) >= 11 is 0. The largest absolute Gasteiger partial charge is 0.383 e. The molecule has 0 atom stereocenters. The molecule has 0 saturated heterocycles. The van der Waals surface area contributed by atoms with E-state index in [4.69, 9.17) is 10.5 Å². The third kappa shape index (κ3) is 2.48. The molecule has 2 aliphatic rings. The molecule has 104 valence electrons. The van der Waals surface area contributed by atoms with Crippen LogP contribution in [0.5, 0.6) is 0 Å².